The molecule has 0 radical (unpaired) electrons. The predicted octanol–water partition coefficient (Wildman–Crippen LogP) is 3.33. The number of benzene rings is 1. The van der Waals surface area contributed by atoms with Crippen molar-refractivity contribution in [3.8, 4) is 5.75 Å². The number of hydrogen-bond donors (Lipinski definition) is 0. The first-order valence-corrected chi connectivity index (χ1v) is 7.13. The molecule has 2 aromatic rings. The van der Waals surface area contributed by atoms with E-state index < -0.39 is 5.63 Å². The maximum Gasteiger partial charge on any atom is 0.340 e. The van der Waals surface area contributed by atoms with Crippen molar-refractivity contribution in [2.24, 2.45) is 0 Å². The molecule has 0 aliphatic rings. The number of ether oxygens (including phenoxy) is 1. The molecule has 0 spiro atoms. The number of hydrogen-bond acceptors (Lipinski definition) is 4. The third kappa shape index (κ3) is 2.99. The lowest BCUT2D eigenvalue weighted by Gasteiger charge is -2.12. The number of carbonyl (C=O) groups excluding carboxylic acids is 1. The van der Waals surface area contributed by atoms with Crippen molar-refractivity contribution in [3.05, 3.63) is 39.2 Å². The Morgan fingerprint density at radius 3 is 2.57 bits per heavy atom. The summed E-state index contributed by atoms with van der Waals surface area (Å²) in [6.45, 7) is 7.85. The summed E-state index contributed by atoms with van der Waals surface area (Å²) in [7, 11) is 0. The molecule has 0 N–H and O–H groups in total. The van der Waals surface area contributed by atoms with E-state index in [0.717, 1.165) is 28.7 Å². The van der Waals surface area contributed by atoms with E-state index in [4.69, 9.17) is 9.15 Å². The SMILES string of the molecule is CCCOc1ccc2c(C)c(CC(C)=O)c(=O)oc2c1C. The van der Waals surface area contributed by atoms with Crippen LogP contribution in [-0.4, -0.2) is 12.4 Å². The maximum absolute atomic E-state index is 12.1. The van der Waals surface area contributed by atoms with E-state index in [0.29, 0.717) is 17.8 Å². The average molecular weight is 288 g/mol. The Hall–Kier alpha value is -2.10. The Morgan fingerprint density at radius 1 is 1.24 bits per heavy atom. The molecule has 1 aromatic heterocycles. The highest BCUT2D eigenvalue weighted by Crippen LogP contribution is 2.29. The molecule has 1 heterocycles. The largest absolute Gasteiger partial charge is 0.493 e. The van der Waals surface area contributed by atoms with Gasteiger partial charge in [0.2, 0.25) is 0 Å². The van der Waals surface area contributed by atoms with Crippen molar-refractivity contribution < 1.29 is 13.9 Å². The molecule has 1 aromatic carbocycles. The summed E-state index contributed by atoms with van der Waals surface area (Å²) in [6, 6.07) is 3.77. The molecule has 0 aliphatic carbocycles. The van der Waals surface area contributed by atoms with E-state index in [-0.39, 0.29) is 12.2 Å². The van der Waals surface area contributed by atoms with Crippen LogP contribution in [0.4, 0.5) is 0 Å². The predicted molar refractivity (Wildman–Crippen MR) is 82.1 cm³/mol. The minimum atomic E-state index is -0.439. The molecule has 4 nitrogen and oxygen atoms in total. The Labute approximate surface area is 123 Å². The fraction of sp³-hybridized carbons (Fsp3) is 0.412. The van der Waals surface area contributed by atoms with Crippen LogP contribution in [0, 0.1) is 13.8 Å². The fourth-order valence-corrected chi connectivity index (χ4v) is 2.39. The van der Waals surface area contributed by atoms with E-state index in [2.05, 4.69) is 0 Å². The van der Waals surface area contributed by atoms with Gasteiger partial charge in [0.05, 0.1) is 6.61 Å². The summed E-state index contributed by atoms with van der Waals surface area (Å²) < 4.78 is 11.1. The van der Waals surface area contributed by atoms with Crippen molar-refractivity contribution in [2.75, 3.05) is 6.61 Å². The minimum Gasteiger partial charge on any atom is -0.493 e. The van der Waals surface area contributed by atoms with Gasteiger partial charge in [0, 0.05) is 22.9 Å². The Bertz CT molecular complexity index is 741. The van der Waals surface area contributed by atoms with Crippen LogP contribution >= 0.6 is 0 Å². The van der Waals surface area contributed by atoms with Crippen LogP contribution in [0.3, 0.4) is 0 Å². The molecule has 4 heteroatoms. The summed E-state index contributed by atoms with van der Waals surface area (Å²) in [5.41, 5.74) is 2.16. The van der Waals surface area contributed by atoms with Gasteiger partial charge in [0.15, 0.2) is 0 Å². The monoisotopic (exact) mass is 288 g/mol. The molecule has 2 rings (SSSR count). The summed E-state index contributed by atoms with van der Waals surface area (Å²) in [4.78, 5) is 23.4. The maximum atomic E-state index is 12.1. The average Bonchev–Trinajstić information content (AvgIpc) is 2.43. The van der Waals surface area contributed by atoms with Crippen LogP contribution in [-0.2, 0) is 11.2 Å². The van der Waals surface area contributed by atoms with E-state index in [9.17, 15) is 9.59 Å². The van der Waals surface area contributed by atoms with Crippen LogP contribution in [0.15, 0.2) is 21.3 Å². The summed E-state index contributed by atoms with van der Waals surface area (Å²) in [6.07, 6.45) is 1.02. The summed E-state index contributed by atoms with van der Waals surface area (Å²) >= 11 is 0. The molecule has 21 heavy (non-hydrogen) atoms. The van der Waals surface area contributed by atoms with Gasteiger partial charge in [-0.05, 0) is 44.9 Å². The van der Waals surface area contributed by atoms with Crippen LogP contribution in [0.2, 0.25) is 0 Å². The summed E-state index contributed by atoms with van der Waals surface area (Å²) in [5.74, 6) is 0.676. The smallest absolute Gasteiger partial charge is 0.340 e. The van der Waals surface area contributed by atoms with E-state index in [1.54, 1.807) is 0 Å². The lowest BCUT2D eigenvalue weighted by Crippen LogP contribution is -2.14. The zero-order valence-electron chi connectivity index (χ0n) is 12.9. The lowest BCUT2D eigenvalue weighted by atomic mass is 10.0. The van der Waals surface area contributed by atoms with Gasteiger partial charge in [-0.25, -0.2) is 4.79 Å². The lowest BCUT2D eigenvalue weighted by molar-refractivity contribution is -0.116. The van der Waals surface area contributed by atoms with Gasteiger partial charge in [0.25, 0.3) is 0 Å². The molecule has 0 amide bonds. The van der Waals surface area contributed by atoms with Gasteiger partial charge < -0.3 is 9.15 Å². The molecule has 0 unspecified atom stereocenters. The van der Waals surface area contributed by atoms with Crippen LogP contribution < -0.4 is 10.4 Å². The molecule has 112 valence electrons. The molecule has 0 fully saturated rings. The van der Waals surface area contributed by atoms with E-state index >= 15 is 0 Å². The minimum absolute atomic E-state index is 0.0515. The van der Waals surface area contributed by atoms with Gasteiger partial charge in [-0.2, -0.15) is 0 Å². The normalized spacial score (nSPS) is 10.9. The molecule has 0 aliphatic heterocycles. The van der Waals surface area contributed by atoms with Crippen molar-refractivity contribution in [3.63, 3.8) is 0 Å². The highest BCUT2D eigenvalue weighted by atomic mass is 16.5. The molecule has 0 saturated carbocycles. The Morgan fingerprint density at radius 2 is 1.95 bits per heavy atom. The number of rotatable bonds is 5. The highest BCUT2D eigenvalue weighted by molar-refractivity contribution is 5.87. The second kappa shape index (κ2) is 6.12. The number of aryl methyl sites for hydroxylation is 2. The third-order valence-corrected chi connectivity index (χ3v) is 3.54. The molecule has 0 saturated heterocycles. The fourth-order valence-electron chi connectivity index (χ4n) is 2.39. The Balaban J connectivity index is 2.63. The summed E-state index contributed by atoms with van der Waals surface area (Å²) in [5, 5.41) is 0.854. The van der Waals surface area contributed by atoms with Crippen LogP contribution in [0.25, 0.3) is 11.0 Å². The first-order chi connectivity index (χ1) is 9.95. The number of fused-ring (bicyclic) bond motifs is 1. The second-order valence-corrected chi connectivity index (χ2v) is 5.29. The first kappa shape index (κ1) is 15.3. The van der Waals surface area contributed by atoms with Crippen LogP contribution in [0.5, 0.6) is 5.75 Å². The first-order valence-electron chi connectivity index (χ1n) is 7.13. The van der Waals surface area contributed by atoms with Crippen molar-refractivity contribution in [2.45, 2.75) is 40.5 Å². The number of ketones is 1. The quantitative estimate of drug-likeness (QED) is 0.792. The van der Waals surface area contributed by atoms with Crippen molar-refractivity contribution in [1.29, 1.82) is 0 Å². The third-order valence-electron chi connectivity index (χ3n) is 3.54. The Kier molecular flexibility index (Phi) is 4.46. The molecule has 0 atom stereocenters. The van der Waals surface area contributed by atoms with Crippen LogP contribution in [0.1, 0.15) is 37.0 Å². The molecular weight excluding hydrogens is 268 g/mol. The zero-order valence-corrected chi connectivity index (χ0v) is 12.9. The van der Waals surface area contributed by atoms with Gasteiger partial charge in [-0.3, -0.25) is 4.79 Å². The molecule has 0 bridgehead atoms. The van der Waals surface area contributed by atoms with Gasteiger partial charge >= 0.3 is 5.63 Å². The van der Waals surface area contributed by atoms with E-state index in [1.165, 1.54) is 6.92 Å². The number of Topliss-reactive ketones (excluding diaryl/α,β-unsaturated/α-hetero) is 1. The van der Waals surface area contributed by atoms with Crippen molar-refractivity contribution in [1.82, 2.24) is 0 Å². The highest BCUT2D eigenvalue weighted by Gasteiger charge is 2.16. The topological polar surface area (TPSA) is 56.5 Å². The zero-order chi connectivity index (χ0) is 15.6. The standard InChI is InChI=1S/C17H20O4/c1-5-8-20-15-7-6-13-11(3)14(9-10(2)18)17(19)21-16(13)12(15)4/h6-7H,5,8-9H2,1-4H3. The second-order valence-electron chi connectivity index (χ2n) is 5.29. The van der Waals surface area contributed by atoms with Gasteiger partial charge in [-0.15, -0.1) is 0 Å². The van der Waals surface area contributed by atoms with E-state index in [1.807, 2.05) is 32.9 Å². The number of carbonyl (C=O) groups is 1. The van der Waals surface area contributed by atoms with Gasteiger partial charge in [0.1, 0.15) is 17.1 Å². The molecular formula is C17H20O4. The van der Waals surface area contributed by atoms with Gasteiger partial charge in [-0.1, -0.05) is 6.92 Å². The van der Waals surface area contributed by atoms with Crippen molar-refractivity contribution >= 4 is 16.8 Å².